The van der Waals surface area contributed by atoms with Gasteiger partial charge >= 0.3 is 0 Å². The topological polar surface area (TPSA) is 85.4 Å². The first-order chi connectivity index (χ1) is 21.0. The Kier molecular flexibility index (Phi) is 7.26. The third kappa shape index (κ3) is 5.11. The Balaban J connectivity index is 1.33. The highest BCUT2D eigenvalue weighted by Crippen LogP contribution is 2.41. The lowest BCUT2D eigenvalue weighted by Gasteiger charge is -2.32. The van der Waals surface area contributed by atoms with E-state index in [1.165, 1.54) is 11.3 Å². The molecule has 2 aromatic carbocycles. The SMILES string of the molecule is CN1CCN(C(=O)c2ccc(-c3cnc4[nH]c5ccc(N(C)S(=O)c6cccs6)cc5c4c3-c3ccncc3)cc2)CC1. The van der Waals surface area contributed by atoms with Crippen molar-refractivity contribution < 1.29 is 9.00 Å². The Hall–Kier alpha value is -4.38. The van der Waals surface area contributed by atoms with E-state index >= 15 is 0 Å². The summed E-state index contributed by atoms with van der Waals surface area (Å²) in [6.45, 7) is 3.25. The summed E-state index contributed by atoms with van der Waals surface area (Å²) in [7, 11) is 2.62. The number of rotatable bonds is 6. The molecule has 1 atom stereocenters. The molecule has 10 heteroatoms. The number of likely N-dealkylation sites (N-methyl/N-ethyl adjacent to an activating group) is 1. The van der Waals surface area contributed by atoms with Crippen molar-refractivity contribution in [2.24, 2.45) is 0 Å². The van der Waals surface area contributed by atoms with Crippen LogP contribution in [0.3, 0.4) is 0 Å². The van der Waals surface area contributed by atoms with Crippen LogP contribution in [0.2, 0.25) is 0 Å². The predicted octanol–water partition coefficient (Wildman–Crippen LogP) is 6.05. The monoisotopic (exact) mass is 606 g/mol. The number of benzene rings is 2. The molecule has 5 heterocycles. The fourth-order valence-electron chi connectivity index (χ4n) is 5.66. The number of hydrogen-bond donors (Lipinski definition) is 1. The molecule has 1 saturated heterocycles. The highest BCUT2D eigenvalue weighted by Gasteiger charge is 2.22. The van der Waals surface area contributed by atoms with E-state index in [2.05, 4.69) is 28.0 Å². The number of amides is 1. The number of thiophene rings is 1. The van der Waals surface area contributed by atoms with Gasteiger partial charge in [0.25, 0.3) is 5.91 Å². The van der Waals surface area contributed by atoms with Gasteiger partial charge in [-0.05, 0) is 72.1 Å². The Labute approximate surface area is 256 Å². The second-order valence-electron chi connectivity index (χ2n) is 10.7. The summed E-state index contributed by atoms with van der Waals surface area (Å²) in [5.74, 6) is 0.0656. The van der Waals surface area contributed by atoms with Crippen molar-refractivity contribution in [3.8, 4) is 22.3 Å². The molecule has 0 aliphatic carbocycles. The molecule has 4 aromatic heterocycles. The van der Waals surface area contributed by atoms with Crippen LogP contribution in [-0.2, 0) is 11.0 Å². The van der Waals surface area contributed by atoms with Gasteiger partial charge in [0.15, 0.2) is 11.0 Å². The minimum atomic E-state index is -1.31. The normalized spacial score (nSPS) is 14.8. The van der Waals surface area contributed by atoms with Gasteiger partial charge in [-0.1, -0.05) is 18.2 Å². The van der Waals surface area contributed by atoms with Crippen LogP contribution in [0, 0.1) is 0 Å². The molecular formula is C33H30N6O2S2. The molecule has 6 aromatic rings. The summed E-state index contributed by atoms with van der Waals surface area (Å²) in [4.78, 5) is 30.0. The van der Waals surface area contributed by atoms with Gasteiger partial charge in [0.2, 0.25) is 0 Å². The van der Waals surface area contributed by atoms with Gasteiger partial charge in [-0.2, -0.15) is 0 Å². The van der Waals surface area contributed by atoms with Crippen molar-refractivity contribution in [1.29, 1.82) is 0 Å². The van der Waals surface area contributed by atoms with Gasteiger partial charge in [0.1, 0.15) is 9.86 Å². The number of H-pyrrole nitrogens is 1. The minimum absolute atomic E-state index is 0.0656. The quantitative estimate of drug-likeness (QED) is 0.249. The molecule has 0 bridgehead atoms. The van der Waals surface area contributed by atoms with Crippen LogP contribution in [0.5, 0.6) is 0 Å². The molecule has 7 rings (SSSR count). The maximum atomic E-state index is 13.3. The Morgan fingerprint density at radius 2 is 1.74 bits per heavy atom. The zero-order chi connectivity index (χ0) is 29.5. The van der Waals surface area contributed by atoms with Crippen molar-refractivity contribution in [2.45, 2.75) is 4.21 Å². The van der Waals surface area contributed by atoms with E-state index in [1.807, 2.05) is 84.2 Å². The first-order valence-electron chi connectivity index (χ1n) is 14.1. The summed E-state index contributed by atoms with van der Waals surface area (Å²) < 4.78 is 15.9. The summed E-state index contributed by atoms with van der Waals surface area (Å²) >= 11 is 1.48. The van der Waals surface area contributed by atoms with Crippen LogP contribution in [-0.4, -0.2) is 75.1 Å². The smallest absolute Gasteiger partial charge is 0.253 e. The van der Waals surface area contributed by atoms with Gasteiger partial charge in [-0.15, -0.1) is 11.3 Å². The highest BCUT2D eigenvalue weighted by molar-refractivity contribution is 7.88. The zero-order valence-corrected chi connectivity index (χ0v) is 25.5. The fourth-order valence-corrected chi connectivity index (χ4v) is 7.70. The Morgan fingerprint density at radius 3 is 2.47 bits per heavy atom. The molecule has 1 N–H and O–H groups in total. The lowest BCUT2D eigenvalue weighted by molar-refractivity contribution is 0.0664. The minimum Gasteiger partial charge on any atom is -0.339 e. The number of fused-ring (bicyclic) bond motifs is 3. The van der Waals surface area contributed by atoms with Crippen LogP contribution in [0.4, 0.5) is 5.69 Å². The van der Waals surface area contributed by atoms with E-state index in [9.17, 15) is 9.00 Å². The fraction of sp³-hybridized carbons (Fsp3) is 0.182. The van der Waals surface area contributed by atoms with Gasteiger partial charge < -0.3 is 14.8 Å². The van der Waals surface area contributed by atoms with Crippen molar-refractivity contribution in [1.82, 2.24) is 24.8 Å². The maximum absolute atomic E-state index is 13.3. The highest BCUT2D eigenvalue weighted by atomic mass is 32.2. The average Bonchev–Trinajstić information content (AvgIpc) is 3.72. The van der Waals surface area contributed by atoms with E-state index in [-0.39, 0.29) is 5.91 Å². The van der Waals surface area contributed by atoms with Crippen LogP contribution in [0.1, 0.15) is 10.4 Å². The predicted molar refractivity (Wildman–Crippen MR) is 175 cm³/mol. The van der Waals surface area contributed by atoms with Crippen molar-refractivity contribution in [3.05, 3.63) is 96.3 Å². The first-order valence-corrected chi connectivity index (χ1v) is 16.1. The second kappa shape index (κ2) is 11.4. The van der Waals surface area contributed by atoms with E-state index in [4.69, 9.17) is 4.98 Å². The number of carbonyl (C=O) groups excluding carboxylic acids is 1. The number of carbonyl (C=O) groups is 1. The van der Waals surface area contributed by atoms with E-state index in [0.717, 1.165) is 80.3 Å². The summed E-state index contributed by atoms with van der Waals surface area (Å²) in [5, 5.41) is 3.91. The van der Waals surface area contributed by atoms with Gasteiger partial charge in [0.05, 0.1) is 5.69 Å². The molecule has 1 amide bonds. The largest absolute Gasteiger partial charge is 0.339 e. The molecule has 1 unspecified atom stereocenters. The lowest BCUT2D eigenvalue weighted by atomic mass is 9.92. The van der Waals surface area contributed by atoms with Crippen LogP contribution in [0.15, 0.2) is 94.9 Å². The molecule has 1 fully saturated rings. The summed E-state index contributed by atoms with van der Waals surface area (Å²) in [5.41, 5.74) is 7.21. The third-order valence-electron chi connectivity index (χ3n) is 8.09. The third-order valence-corrected chi connectivity index (χ3v) is 10.7. The molecular weight excluding hydrogens is 577 g/mol. The number of anilines is 1. The molecule has 1 aliphatic rings. The van der Waals surface area contributed by atoms with E-state index in [0.29, 0.717) is 5.56 Å². The molecule has 216 valence electrons. The summed E-state index contributed by atoms with van der Waals surface area (Å²) in [6, 6.07) is 21.7. The number of piperazine rings is 1. The number of pyridine rings is 2. The zero-order valence-electron chi connectivity index (χ0n) is 23.9. The summed E-state index contributed by atoms with van der Waals surface area (Å²) in [6.07, 6.45) is 5.48. The van der Waals surface area contributed by atoms with Crippen molar-refractivity contribution in [3.63, 3.8) is 0 Å². The number of nitrogens with one attached hydrogen (secondary N) is 1. The van der Waals surface area contributed by atoms with Gasteiger partial charge in [-0.3, -0.25) is 14.1 Å². The average molecular weight is 607 g/mol. The van der Waals surface area contributed by atoms with Crippen LogP contribution >= 0.6 is 11.3 Å². The number of nitrogens with zero attached hydrogens (tertiary/aromatic N) is 5. The van der Waals surface area contributed by atoms with Crippen LogP contribution in [0.25, 0.3) is 44.2 Å². The second-order valence-corrected chi connectivity index (χ2v) is 13.4. The van der Waals surface area contributed by atoms with Crippen LogP contribution < -0.4 is 4.31 Å². The Morgan fingerprint density at radius 1 is 0.977 bits per heavy atom. The number of aromatic nitrogens is 3. The molecule has 1 aliphatic heterocycles. The standard InChI is InChI=1S/C33H30N6O2S2/c1-37-15-17-39(18-16-37)33(40)24-7-5-22(6-8-24)27-21-35-32-31(30(27)23-11-13-34-14-12-23)26-20-25(9-10-28(26)36-32)38(2)43(41)29-4-3-19-42-29/h3-14,19-21H,15-18H2,1-2H3,(H,35,36). The molecule has 8 nitrogen and oxygen atoms in total. The van der Waals surface area contributed by atoms with Gasteiger partial charge in [0, 0.05) is 84.8 Å². The Bertz CT molecular complexity index is 1950. The van der Waals surface area contributed by atoms with Gasteiger partial charge in [-0.25, -0.2) is 9.19 Å². The maximum Gasteiger partial charge on any atom is 0.253 e. The number of aromatic amines is 1. The molecule has 43 heavy (non-hydrogen) atoms. The van der Waals surface area contributed by atoms with E-state index in [1.54, 1.807) is 16.7 Å². The lowest BCUT2D eigenvalue weighted by Crippen LogP contribution is -2.47. The number of hydrogen-bond acceptors (Lipinski definition) is 6. The molecule has 0 radical (unpaired) electrons. The first kappa shape index (κ1) is 27.5. The molecule has 0 spiro atoms. The molecule has 0 saturated carbocycles. The van der Waals surface area contributed by atoms with E-state index < -0.39 is 11.0 Å². The van der Waals surface area contributed by atoms with Crippen molar-refractivity contribution in [2.75, 3.05) is 44.6 Å². The van der Waals surface area contributed by atoms with Crippen molar-refractivity contribution >= 4 is 55.9 Å².